The van der Waals surface area contributed by atoms with E-state index in [9.17, 15) is 44.1 Å². The molecule has 46 heavy (non-hydrogen) atoms. The van der Waals surface area contributed by atoms with Gasteiger partial charge >= 0.3 is 0 Å². The van der Waals surface area contributed by atoms with Gasteiger partial charge < -0.3 is 31.3 Å². The number of rotatable bonds is 12. The number of aryl methyl sites for hydroxylation is 3. The Morgan fingerprint density at radius 3 is 1.04 bits per heavy atom. The lowest BCUT2D eigenvalue weighted by molar-refractivity contribution is 0.0939. The van der Waals surface area contributed by atoms with Gasteiger partial charge in [-0.05, 0) is 20.8 Å². The van der Waals surface area contributed by atoms with Crippen molar-refractivity contribution in [3.05, 3.63) is 65.6 Å². The number of carbonyl (C=O) groups excluding carboxylic acids is 3. The van der Waals surface area contributed by atoms with Crippen LogP contribution in [0.15, 0.2) is 14.4 Å². The maximum Gasteiger partial charge on any atom is 0.296 e. The molecule has 0 spiro atoms. The van der Waals surface area contributed by atoms with Crippen molar-refractivity contribution in [2.24, 2.45) is 21.1 Å². The molecular weight excluding hydrogens is 608 g/mol. The van der Waals surface area contributed by atoms with Gasteiger partial charge in [0.05, 0.1) is 0 Å². The highest BCUT2D eigenvalue weighted by molar-refractivity contribution is 5.95. The molecule has 3 rings (SSSR count). The van der Waals surface area contributed by atoms with Crippen LogP contribution in [0, 0.1) is 20.8 Å². The summed E-state index contributed by atoms with van der Waals surface area (Å²) in [5.74, 6) is -4.20. The standard InChI is InChI=1S/C27H36N10O9/c1-13-31-16(19(38)25(44)34(13)4)22(41)28-7-10-37(11-8-29-23(42)17-20(39)26(45)35(5)14(2)32-17)12-9-30-24(43)18-21(40)27(46)36(6)15(3)33-18/h38-40H,7-12H2,1-6H3,(H,28,41)(H,29,42)(H,30,43). The average Bonchev–Trinajstić information content (AvgIpc) is 3.02. The van der Waals surface area contributed by atoms with Crippen LogP contribution in [-0.4, -0.2) is 106 Å². The smallest absolute Gasteiger partial charge is 0.296 e. The molecule has 0 fully saturated rings. The van der Waals surface area contributed by atoms with E-state index >= 15 is 0 Å². The van der Waals surface area contributed by atoms with Gasteiger partial charge in [0.25, 0.3) is 34.4 Å². The predicted molar refractivity (Wildman–Crippen MR) is 161 cm³/mol. The Morgan fingerprint density at radius 1 is 0.565 bits per heavy atom. The Hall–Kier alpha value is -5.59. The van der Waals surface area contributed by atoms with Gasteiger partial charge in [0, 0.05) is 60.4 Å². The number of amides is 3. The van der Waals surface area contributed by atoms with E-state index in [0.717, 1.165) is 13.7 Å². The normalized spacial score (nSPS) is 11.0. The number of hydrogen-bond acceptors (Lipinski definition) is 13. The van der Waals surface area contributed by atoms with Crippen molar-refractivity contribution in [3.63, 3.8) is 0 Å². The highest BCUT2D eigenvalue weighted by Gasteiger charge is 2.22. The fourth-order valence-corrected chi connectivity index (χ4v) is 4.13. The zero-order chi connectivity index (χ0) is 34.5. The molecule has 0 radical (unpaired) electrons. The second kappa shape index (κ2) is 14.5. The molecule has 0 aliphatic carbocycles. The second-order valence-electron chi connectivity index (χ2n) is 10.3. The highest BCUT2D eigenvalue weighted by Crippen LogP contribution is 2.10. The van der Waals surface area contributed by atoms with Crippen LogP contribution in [0.5, 0.6) is 17.2 Å². The first-order valence-corrected chi connectivity index (χ1v) is 13.9. The Bertz CT molecular complexity index is 1650. The third-order valence-electron chi connectivity index (χ3n) is 7.26. The number of hydrogen-bond donors (Lipinski definition) is 6. The van der Waals surface area contributed by atoms with Gasteiger partial charge in [-0.1, -0.05) is 0 Å². The molecule has 6 N–H and O–H groups in total. The highest BCUT2D eigenvalue weighted by atomic mass is 16.3. The molecule has 0 aliphatic heterocycles. The van der Waals surface area contributed by atoms with Crippen LogP contribution in [0.25, 0.3) is 0 Å². The van der Waals surface area contributed by atoms with E-state index in [1.165, 1.54) is 41.9 Å². The molecule has 3 aromatic heterocycles. The topological polar surface area (TPSA) is 256 Å². The summed E-state index contributed by atoms with van der Waals surface area (Å²) < 4.78 is 3.26. The summed E-state index contributed by atoms with van der Waals surface area (Å²) in [5, 5.41) is 38.0. The largest absolute Gasteiger partial charge is 0.501 e. The second-order valence-corrected chi connectivity index (χ2v) is 10.3. The first-order chi connectivity index (χ1) is 21.6. The summed E-state index contributed by atoms with van der Waals surface area (Å²) >= 11 is 0. The van der Waals surface area contributed by atoms with Gasteiger partial charge in [-0.15, -0.1) is 0 Å². The third-order valence-corrected chi connectivity index (χ3v) is 7.26. The third kappa shape index (κ3) is 7.54. The minimum absolute atomic E-state index is 0.0113. The van der Waals surface area contributed by atoms with Crippen molar-refractivity contribution < 1.29 is 29.7 Å². The molecule has 0 saturated carbocycles. The maximum atomic E-state index is 12.7. The number of aromatic nitrogens is 6. The van der Waals surface area contributed by atoms with E-state index in [4.69, 9.17) is 0 Å². The molecule has 248 valence electrons. The van der Waals surface area contributed by atoms with E-state index in [0.29, 0.717) is 0 Å². The van der Waals surface area contributed by atoms with Gasteiger partial charge in [0.2, 0.25) is 17.2 Å². The van der Waals surface area contributed by atoms with E-state index < -0.39 is 68.7 Å². The van der Waals surface area contributed by atoms with Crippen molar-refractivity contribution in [2.45, 2.75) is 20.8 Å². The van der Waals surface area contributed by atoms with Crippen molar-refractivity contribution in [1.29, 1.82) is 0 Å². The molecule has 19 nitrogen and oxygen atoms in total. The quantitative estimate of drug-likeness (QED) is 0.114. The summed E-state index contributed by atoms with van der Waals surface area (Å²) in [6.45, 7) is 4.89. The lowest BCUT2D eigenvalue weighted by Crippen LogP contribution is -2.43. The van der Waals surface area contributed by atoms with Gasteiger partial charge in [0.1, 0.15) is 17.5 Å². The first kappa shape index (κ1) is 34.9. The predicted octanol–water partition coefficient (Wildman–Crippen LogP) is -3.10. The molecule has 19 heteroatoms. The van der Waals surface area contributed by atoms with Crippen molar-refractivity contribution in [3.8, 4) is 17.2 Å². The minimum atomic E-state index is -0.807. The van der Waals surface area contributed by atoms with Gasteiger partial charge in [0.15, 0.2) is 17.1 Å². The van der Waals surface area contributed by atoms with Crippen LogP contribution in [0.2, 0.25) is 0 Å². The SMILES string of the molecule is Cc1nc(C(=O)NCCN(CCNC(=O)c2nc(C)n(C)c(=O)c2O)CCNC(=O)c2nc(C)n(C)c(=O)c2O)c(O)c(=O)n1C. The molecule has 0 bridgehead atoms. The molecular formula is C27H36N10O9. The summed E-state index contributed by atoms with van der Waals surface area (Å²) in [6.07, 6.45) is 0. The molecule has 0 saturated heterocycles. The number of nitrogens with one attached hydrogen (secondary N) is 3. The lowest BCUT2D eigenvalue weighted by atomic mass is 10.3. The summed E-state index contributed by atoms with van der Waals surface area (Å²) in [4.78, 5) is 88.1. The van der Waals surface area contributed by atoms with Crippen LogP contribution < -0.4 is 32.6 Å². The molecule has 0 aromatic carbocycles. The summed E-state index contributed by atoms with van der Waals surface area (Å²) in [6, 6.07) is 0. The molecule has 3 amide bonds. The van der Waals surface area contributed by atoms with E-state index in [1.807, 2.05) is 0 Å². The molecule has 0 atom stereocenters. The summed E-state index contributed by atoms with van der Waals surface area (Å²) in [5.41, 5.74) is -3.70. The zero-order valence-corrected chi connectivity index (χ0v) is 26.2. The molecule has 0 aliphatic rings. The van der Waals surface area contributed by atoms with Gasteiger partial charge in [-0.3, -0.25) is 47.4 Å². The van der Waals surface area contributed by atoms with Crippen molar-refractivity contribution >= 4 is 17.7 Å². The number of nitrogens with zero attached hydrogens (tertiary/aromatic N) is 7. The maximum absolute atomic E-state index is 12.7. The van der Waals surface area contributed by atoms with Crippen molar-refractivity contribution in [2.75, 3.05) is 39.3 Å². The number of carbonyl (C=O) groups is 3. The van der Waals surface area contributed by atoms with Gasteiger partial charge in [-0.25, -0.2) is 15.0 Å². The van der Waals surface area contributed by atoms with Crippen LogP contribution in [-0.2, 0) is 21.1 Å². The minimum Gasteiger partial charge on any atom is -0.501 e. The Balaban J connectivity index is 1.69. The molecule has 0 unspecified atom stereocenters. The average molecular weight is 645 g/mol. The fraction of sp³-hybridized carbons (Fsp3) is 0.444. The number of aromatic hydroxyl groups is 3. The van der Waals surface area contributed by atoms with Crippen LogP contribution in [0.1, 0.15) is 48.9 Å². The molecule has 3 aromatic rings. The van der Waals surface area contributed by atoms with E-state index in [2.05, 4.69) is 30.9 Å². The summed E-state index contributed by atoms with van der Waals surface area (Å²) in [7, 11) is 4.19. The Kier molecular flexibility index (Phi) is 11.0. The lowest BCUT2D eigenvalue weighted by Gasteiger charge is -2.23. The van der Waals surface area contributed by atoms with Crippen LogP contribution in [0.4, 0.5) is 0 Å². The van der Waals surface area contributed by atoms with Gasteiger partial charge in [-0.2, -0.15) is 0 Å². The Labute approximate surface area is 261 Å². The van der Waals surface area contributed by atoms with E-state index in [1.54, 1.807) is 4.90 Å². The monoisotopic (exact) mass is 644 g/mol. The van der Waals surface area contributed by atoms with Crippen molar-refractivity contribution in [1.82, 2.24) is 49.5 Å². The molecule has 3 heterocycles. The van der Waals surface area contributed by atoms with Crippen LogP contribution >= 0.6 is 0 Å². The van der Waals surface area contributed by atoms with Crippen LogP contribution in [0.3, 0.4) is 0 Å². The zero-order valence-electron chi connectivity index (χ0n) is 26.2. The van der Waals surface area contributed by atoms with E-state index in [-0.39, 0.29) is 56.7 Å². The Morgan fingerprint density at radius 2 is 0.804 bits per heavy atom. The fourth-order valence-electron chi connectivity index (χ4n) is 4.13. The first-order valence-electron chi connectivity index (χ1n) is 13.9.